The monoisotopic (exact) mass is 532 g/mol. The number of thiophene rings is 1. The molecule has 0 aromatic carbocycles. The number of rotatable bonds is 5. The van der Waals surface area contributed by atoms with Gasteiger partial charge >= 0.3 is 0 Å². The number of pyridine rings is 3. The molecular weight excluding hydrogens is 513 g/mol. The molecule has 1 saturated heterocycles. The van der Waals surface area contributed by atoms with Gasteiger partial charge in [0.2, 0.25) is 0 Å². The van der Waals surface area contributed by atoms with Crippen LogP contribution in [0, 0.1) is 5.82 Å². The lowest BCUT2D eigenvalue weighted by Gasteiger charge is -2.15. The van der Waals surface area contributed by atoms with E-state index >= 15 is 4.39 Å². The summed E-state index contributed by atoms with van der Waals surface area (Å²) in [5.74, 6) is -2.86. The Bertz CT molecular complexity index is 1790. The topological polar surface area (TPSA) is 99.3 Å². The lowest BCUT2D eigenvalue weighted by atomic mass is 10.1. The van der Waals surface area contributed by atoms with E-state index in [9.17, 15) is 8.78 Å². The van der Waals surface area contributed by atoms with E-state index in [1.807, 2.05) is 22.9 Å². The van der Waals surface area contributed by atoms with Crippen molar-refractivity contribution in [3.8, 4) is 34.0 Å². The maximum atomic E-state index is 16.0. The summed E-state index contributed by atoms with van der Waals surface area (Å²) in [5.41, 5.74) is 5.09. The SMILES string of the molecule is Fc1c(-c2cncc(CN3CCC(F)(F)C3)c2)ncc2[nH]nc(-c3nc4c(-c5ccsc5)nccc4[nH]3)c12. The lowest BCUT2D eigenvalue weighted by molar-refractivity contribution is 0.0115. The molecule has 0 aliphatic carbocycles. The quantitative estimate of drug-likeness (QED) is 0.297. The lowest BCUT2D eigenvalue weighted by Crippen LogP contribution is -2.24. The van der Waals surface area contributed by atoms with Gasteiger partial charge in [0.1, 0.15) is 16.9 Å². The van der Waals surface area contributed by atoms with Gasteiger partial charge < -0.3 is 4.98 Å². The van der Waals surface area contributed by atoms with Crippen LogP contribution in [0.5, 0.6) is 0 Å². The van der Waals surface area contributed by atoms with E-state index in [4.69, 9.17) is 4.98 Å². The minimum Gasteiger partial charge on any atom is -0.336 e. The van der Waals surface area contributed by atoms with Crippen LogP contribution in [0.2, 0.25) is 0 Å². The number of nitrogens with zero attached hydrogens (tertiary/aromatic N) is 6. The van der Waals surface area contributed by atoms with Crippen molar-refractivity contribution in [2.24, 2.45) is 0 Å². The normalized spacial score (nSPS) is 15.7. The summed E-state index contributed by atoms with van der Waals surface area (Å²) in [4.78, 5) is 22.7. The van der Waals surface area contributed by atoms with Gasteiger partial charge in [0, 0.05) is 54.6 Å². The van der Waals surface area contributed by atoms with Crippen molar-refractivity contribution in [1.82, 2.24) is 40.0 Å². The smallest absolute Gasteiger partial charge is 0.261 e. The minimum atomic E-state index is -2.68. The molecule has 12 heteroatoms. The van der Waals surface area contributed by atoms with Gasteiger partial charge in [-0.2, -0.15) is 16.4 Å². The largest absolute Gasteiger partial charge is 0.336 e. The van der Waals surface area contributed by atoms with Crippen LogP contribution in [0.15, 0.2) is 53.7 Å². The predicted molar refractivity (Wildman–Crippen MR) is 138 cm³/mol. The summed E-state index contributed by atoms with van der Waals surface area (Å²) in [6.07, 6.45) is 6.17. The van der Waals surface area contributed by atoms with Crippen LogP contribution in [0.3, 0.4) is 0 Å². The fourth-order valence-electron chi connectivity index (χ4n) is 4.91. The van der Waals surface area contributed by atoms with Gasteiger partial charge in [0.05, 0.1) is 34.9 Å². The number of aromatic amines is 2. The number of imidazole rings is 1. The van der Waals surface area contributed by atoms with Gasteiger partial charge in [-0.1, -0.05) is 0 Å². The number of alkyl halides is 2. The molecule has 6 aromatic rings. The van der Waals surface area contributed by atoms with E-state index in [0.717, 1.165) is 16.8 Å². The van der Waals surface area contributed by atoms with Gasteiger partial charge in [0.25, 0.3) is 5.92 Å². The van der Waals surface area contributed by atoms with Crippen LogP contribution < -0.4 is 0 Å². The van der Waals surface area contributed by atoms with E-state index in [-0.39, 0.29) is 24.0 Å². The highest BCUT2D eigenvalue weighted by molar-refractivity contribution is 7.08. The number of nitrogens with one attached hydrogen (secondary N) is 2. The summed E-state index contributed by atoms with van der Waals surface area (Å²) >= 11 is 1.57. The van der Waals surface area contributed by atoms with E-state index < -0.39 is 11.7 Å². The average molecular weight is 533 g/mol. The molecule has 38 heavy (non-hydrogen) atoms. The molecule has 2 N–H and O–H groups in total. The van der Waals surface area contributed by atoms with Crippen LogP contribution in [-0.2, 0) is 6.54 Å². The number of halogens is 3. The molecule has 0 atom stereocenters. The molecule has 0 bridgehead atoms. The maximum Gasteiger partial charge on any atom is 0.261 e. The first-order valence-corrected chi connectivity index (χ1v) is 12.8. The van der Waals surface area contributed by atoms with Gasteiger partial charge in [-0.05, 0) is 29.1 Å². The Morgan fingerprint density at radius 3 is 2.76 bits per heavy atom. The molecule has 1 aliphatic heterocycles. The van der Waals surface area contributed by atoms with Gasteiger partial charge in [-0.25, -0.2) is 18.2 Å². The summed E-state index contributed by atoms with van der Waals surface area (Å²) in [5, 5.41) is 11.4. The van der Waals surface area contributed by atoms with E-state index in [2.05, 4.69) is 30.1 Å². The van der Waals surface area contributed by atoms with Crippen LogP contribution in [0.25, 0.3) is 56.0 Å². The Morgan fingerprint density at radius 2 is 1.95 bits per heavy atom. The summed E-state index contributed by atoms with van der Waals surface area (Å²) in [6.45, 7) is 0.307. The first-order chi connectivity index (χ1) is 18.4. The maximum absolute atomic E-state index is 16.0. The molecule has 7 heterocycles. The van der Waals surface area contributed by atoms with Crippen LogP contribution >= 0.6 is 11.3 Å². The fraction of sp³-hybridized carbons (Fsp3) is 0.192. The molecule has 0 amide bonds. The molecule has 1 fully saturated rings. The van der Waals surface area contributed by atoms with Gasteiger partial charge in [-0.3, -0.25) is 25.0 Å². The van der Waals surface area contributed by atoms with Crippen LogP contribution in [0.4, 0.5) is 13.2 Å². The first kappa shape index (κ1) is 23.0. The van der Waals surface area contributed by atoms with Crippen molar-refractivity contribution in [3.05, 3.63) is 65.1 Å². The molecule has 0 unspecified atom stereocenters. The second-order valence-corrected chi connectivity index (χ2v) is 10.1. The molecule has 0 spiro atoms. The van der Waals surface area contributed by atoms with E-state index in [1.165, 1.54) is 12.4 Å². The third kappa shape index (κ3) is 3.92. The molecular formula is C26H19F3N8S. The Balaban J connectivity index is 1.28. The standard InChI is InChI=1S/C26H19F3N8S/c27-20-19-18(10-32-21(20)16-7-14(8-30-9-16)11-37-5-3-26(28,29)13-37)35-36-24(19)25-33-17-1-4-31-22(23(17)34-25)15-2-6-38-12-15/h1-2,4,6-10,12H,3,5,11,13H2,(H,33,34)(H,35,36). The highest BCUT2D eigenvalue weighted by atomic mass is 32.1. The number of hydrogen-bond acceptors (Lipinski definition) is 7. The van der Waals surface area contributed by atoms with Crippen LogP contribution in [0.1, 0.15) is 12.0 Å². The third-order valence-electron chi connectivity index (χ3n) is 6.69. The average Bonchev–Trinajstić information content (AvgIpc) is 3.70. The molecule has 7 rings (SSSR count). The summed E-state index contributed by atoms with van der Waals surface area (Å²) in [7, 11) is 0. The molecule has 6 aromatic heterocycles. The Morgan fingerprint density at radius 1 is 1.03 bits per heavy atom. The van der Waals surface area contributed by atoms with Gasteiger partial charge in [0.15, 0.2) is 11.6 Å². The van der Waals surface area contributed by atoms with E-state index in [0.29, 0.717) is 46.8 Å². The van der Waals surface area contributed by atoms with Crippen molar-refractivity contribution in [3.63, 3.8) is 0 Å². The molecule has 1 aliphatic rings. The van der Waals surface area contributed by atoms with Crippen molar-refractivity contribution < 1.29 is 13.2 Å². The summed E-state index contributed by atoms with van der Waals surface area (Å²) in [6, 6.07) is 5.52. The van der Waals surface area contributed by atoms with Crippen molar-refractivity contribution in [1.29, 1.82) is 0 Å². The number of H-pyrrole nitrogens is 2. The van der Waals surface area contributed by atoms with Crippen molar-refractivity contribution >= 4 is 33.3 Å². The molecule has 8 nitrogen and oxygen atoms in total. The van der Waals surface area contributed by atoms with E-state index in [1.54, 1.807) is 34.7 Å². The zero-order valence-electron chi connectivity index (χ0n) is 19.8. The highest BCUT2D eigenvalue weighted by Gasteiger charge is 2.38. The van der Waals surface area contributed by atoms with Crippen molar-refractivity contribution in [2.75, 3.05) is 13.1 Å². The fourth-order valence-corrected chi connectivity index (χ4v) is 5.55. The zero-order chi connectivity index (χ0) is 25.9. The molecule has 0 saturated carbocycles. The number of likely N-dealkylation sites (tertiary alicyclic amines) is 1. The zero-order valence-corrected chi connectivity index (χ0v) is 20.6. The molecule has 0 radical (unpaired) electrons. The number of hydrogen-bond donors (Lipinski definition) is 2. The Kier molecular flexibility index (Phi) is 5.27. The van der Waals surface area contributed by atoms with Crippen LogP contribution in [-0.4, -0.2) is 59.0 Å². The third-order valence-corrected chi connectivity index (χ3v) is 7.37. The van der Waals surface area contributed by atoms with Crippen molar-refractivity contribution in [2.45, 2.75) is 18.9 Å². The summed E-state index contributed by atoms with van der Waals surface area (Å²) < 4.78 is 43.2. The molecule has 190 valence electrons. The van der Waals surface area contributed by atoms with Gasteiger partial charge in [-0.15, -0.1) is 0 Å². The highest BCUT2D eigenvalue weighted by Crippen LogP contribution is 2.34. The number of fused-ring (bicyclic) bond motifs is 2. The predicted octanol–water partition coefficient (Wildman–Crippen LogP) is 5.67. The first-order valence-electron chi connectivity index (χ1n) is 11.9. The Hall–Kier alpha value is -4.16. The number of aromatic nitrogens is 7. The second kappa shape index (κ2) is 8.71. The Labute approximate surface area is 217 Å². The minimum absolute atomic E-state index is 0.0954. The second-order valence-electron chi connectivity index (χ2n) is 9.33.